The van der Waals surface area contributed by atoms with E-state index in [2.05, 4.69) is 10.6 Å². The fraction of sp³-hybridized carbons (Fsp3) is 0.444. The molecule has 0 unspecified atom stereocenters. The van der Waals surface area contributed by atoms with E-state index in [1.54, 1.807) is 26.0 Å². The largest absolute Gasteiger partial charge is 0.452 e. The van der Waals surface area contributed by atoms with Crippen molar-refractivity contribution in [3.8, 4) is 0 Å². The second-order valence-corrected chi connectivity index (χ2v) is 6.75. The van der Waals surface area contributed by atoms with E-state index in [9.17, 15) is 19.2 Å². The molecule has 1 atom stereocenters. The Morgan fingerprint density at radius 1 is 1.23 bits per heavy atom. The zero-order valence-electron chi connectivity index (χ0n) is 15.3. The third-order valence-electron chi connectivity index (χ3n) is 3.98. The van der Waals surface area contributed by atoms with Crippen LogP contribution in [0.2, 0.25) is 0 Å². The van der Waals surface area contributed by atoms with Gasteiger partial charge in [-0.05, 0) is 39.8 Å². The third-order valence-corrected chi connectivity index (χ3v) is 3.98. The summed E-state index contributed by atoms with van der Waals surface area (Å²) >= 11 is 0. The van der Waals surface area contributed by atoms with Crippen molar-refractivity contribution >= 4 is 29.5 Å². The van der Waals surface area contributed by atoms with Crippen molar-refractivity contribution in [3.05, 3.63) is 29.8 Å². The van der Waals surface area contributed by atoms with Gasteiger partial charge in [-0.3, -0.25) is 19.3 Å². The highest BCUT2D eigenvalue weighted by molar-refractivity contribution is 6.06. The maximum atomic E-state index is 12.1. The number of aryl methyl sites for hydroxylation is 1. The Labute approximate surface area is 151 Å². The van der Waals surface area contributed by atoms with Gasteiger partial charge in [-0.25, -0.2) is 4.79 Å². The number of carbonyl (C=O) groups excluding carboxylic acids is 4. The molecule has 1 saturated heterocycles. The smallest absolute Gasteiger partial charge is 0.325 e. The molecule has 2 N–H and O–H groups in total. The standard InChI is InChI=1S/C18H23N3O5/c1-11-5-7-13(8-6-11)19-15(23)12(2)26-14(22)9-10-21-16(24)18(3,4)20-17(21)25/h5-8,12H,9-10H2,1-4H3,(H,19,23)(H,20,25)/t12-/m1/s1. The summed E-state index contributed by atoms with van der Waals surface area (Å²) in [6.07, 6.45) is -1.18. The molecule has 1 aliphatic heterocycles. The number of urea groups is 1. The lowest BCUT2D eigenvalue weighted by Crippen LogP contribution is -2.40. The van der Waals surface area contributed by atoms with Gasteiger partial charge in [0.15, 0.2) is 6.10 Å². The van der Waals surface area contributed by atoms with Gasteiger partial charge in [-0.15, -0.1) is 0 Å². The summed E-state index contributed by atoms with van der Waals surface area (Å²) < 4.78 is 5.07. The topological polar surface area (TPSA) is 105 Å². The predicted molar refractivity (Wildman–Crippen MR) is 94.3 cm³/mol. The van der Waals surface area contributed by atoms with Crippen LogP contribution in [-0.2, 0) is 19.1 Å². The molecular formula is C18H23N3O5. The van der Waals surface area contributed by atoms with Gasteiger partial charge in [-0.2, -0.15) is 0 Å². The van der Waals surface area contributed by atoms with Gasteiger partial charge in [0.05, 0.1) is 6.42 Å². The first-order chi connectivity index (χ1) is 12.1. The number of nitrogens with zero attached hydrogens (tertiary/aromatic N) is 1. The zero-order chi connectivity index (χ0) is 19.5. The molecule has 0 saturated carbocycles. The van der Waals surface area contributed by atoms with Gasteiger partial charge >= 0.3 is 12.0 Å². The maximum absolute atomic E-state index is 12.1. The molecule has 8 heteroatoms. The molecular weight excluding hydrogens is 338 g/mol. The van der Waals surface area contributed by atoms with Crippen molar-refractivity contribution in [2.75, 3.05) is 11.9 Å². The van der Waals surface area contributed by atoms with Crippen molar-refractivity contribution < 1.29 is 23.9 Å². The Morgan fingerprint density at radius 3 is 2.38 bits per heavy atom. The number of anilines is 1. The highest BCUT2D eigenvalue weighted by Gasteiger charge is 2.44. The van der Waals surface area contributed by atoms with Crippen molar-refractivity contribution in [2.45, 2.75) is 45.8 Å². The van der Waals surface area contributed by atoms with Crippen molar-refractivity contribution in [1.29, 1.82) is 0 Å². The van der Waals surface area contributed by atoms with Gasteiger partial charge in [0.25, 0.3) is 11.8 Å². The van der Waals surface area contributed by atoms with E-state index in [0.717, 1.165) is 10.5 Å². The molecule has 1 fully saturated rings. The Bertz CT molecular complexity index is 727. The monoisotopic (exact) mass is 361 g/mol. The Balaban J connectivity index is 1.81. The fourth-order valence-corrected chi connectivity index (χ4v) is 2.41. The molecule has 1 aliphatic rings. The maximum Gasteiger partial charge on any atom is 0.325 e. The average Bonchev–Trinajstić information content (AvgIpc) is 2.75. The Hall–Kier alpha value is -2.90. The molecule has 1 heterocycles. The van der Waals surface area contributed by atoms with E-state index in [-0.39, 0.29) is 13.0 Å². The average molecular weight is 361 g/mol. The van der Waals surface area contributed by atoms with Crippen LogP contribution in [0.3, 0.4) is 0 Å². The number of ether oxygens (including phenoxy) is 1. The van der Waals surface area contributed by atoms with E-state index in [4.69, 9.17) is 4.74 Å². The first kappa shape index (κ1) is 19.4. The zero-order valence-corrected chi connectivity index (χ0v) is 15.3. The van der Waals surface area contributed by atoms with Crippen LogP contribution in [0.15, 0.2) is 24.3 Å². The van der Waals surface area contributed by atoms with Gasteiger partial charge in [0.1, 0.15) is 5.54 Å². The highest BCUT2D eigenvalue weighted by Crippen LogP contribution is 2.17. The summed E-state index contributed by atoms with van der Waals surface area (Å²) in [5, 5.41) is 5.18. The lowest BCUT2D eigenvalue weighted by Gasteiger charge is -2.17. The fourth-order valence-electron chi connectivity index (χ4n) is 2.41. The minimum absolute atomic E-state index is 0.0980. The third kappa shape index (κ3) is 4.59. The SMILES string of the molecule is Cc1ccc(NC(=O)[C@@H](C)OC(=O)CCN2C(=O)NC(C)(C)C2=O)cc1. The second-order valence-electron chi connectivity index (χ2n) is 6.75. The van der Waals surface area contributed by atoms with Gasteiger partial charge < -0.3 is 15.4 Å². The predicted octanol–water partition coefficient (Wildman–Crippen LogP) is 1.59. The van der Waals surface area contributed by atoms with E-state index < -0.39 is 35.5 Å². The van der Waals surface area contributed by atoms with Crippen LogP contribution in [0.4, 0.5) is 10.5 Å². The minimum Gasteiger partial charge on any atom is -0.452 e. The lowest BCUT2D eigenvalue weighted by molar-refractivity contribution is -0.153. The highest BCUT2D eigenvalue weighted by atomic mass is 16.5. The number of amides is 4. The molecule has 0 radical (unpaired) electrons. The Kier molecular flexibility index (Phi) is 5.64. The number of imide groups is 1. The summed E-state index contributed by atoms with van der Waals surface area (Å²) in [6, 6.07) is 6.66. The summed E-state index contributed by atoms with van der Waals surface area (Å²) in [5.74, 6) is -1.53. The quantitative estimate of drug-likeness (QED) is 0.591. The van der Waals surface area contributed by atoms with Crippen molar-refractivity contribution in [1.82, 2.24) is 10.2 Å². The first-order valence-corrected chi connectivity index (χ1v) is 8.31. The number of carbonyl (C=O) groups is 4. The van der Waals surface area contributed by atoms with Crippen molar-refractivity contribution in [3.63, 3.8) is 0 Å². The number of hydrogen-bond donors (Lipinski definition) is 2. The van der Waals surface area contributed by atoms with Gasteiger partial charge in [0.2, 0.25) is 0 Å². The first-order valence-electron chi connectivity index (χ1n) is 8.31. The summed E-state index contributed by atoms with van der Waals surface area (Å²) in [4.78, 5) is 48.7. The lowest BCUT2D eigenvalue weighted by atomic mass is 10.1. The van der Waals surface area contributed by atoms with Crippen LogP contribution in [0.1, 0.15) is 32.8 Å². The van der Waals surface area contributed by atoms with E-state index in [0.29, 0.717) is 5.69 Å². The molecule has 140 valence electrons. The number of nitrogens with one attached hydrogen (secondary N) is 2. The van der Waals surface area contributed by atoms with E-state index in [1.807, 2.05) is 19.1 Å². The van der Waals surface area contributed by atoms with E-state index in [1.165, 1.54) is 6.92 Å². The summed E-state index contributed by atoms with van der Waals surface area (Å²) in [6.45, 7) is 6.46. The Morgan fingerprint density at radius 2 is 1.85 bits per heavy atom. The van der Waals surface area contributed by atoms with Crippen LogP contribution in [0.5, 0.6) is 0 Å². The molecule has 0 spiro atoms. The molecule has 8 nitrogen and oxygen atoms in total. The number of benzene rings is 1. The number of esters is 1. The molecule has 4 amide bonds. The number of hydrogen-bond acceptors (Lipinski definition) is 5. The van der Waals surface area contributed by atoms with Crippen LogP contribution < -0.4 is 10.6 Å². The van der Waals surface area contributed by atoms with Crippen molar-refractivity contribution in [2.24, 2.45) is 0 Å². The molecule has 0 aliphatic carbocycles. The minimum atomic E-state index is -0.997. The number of rotatable bonds is 6. The van der Waals surface area contributed by atoms with E-state index >= 15 is 0 Å². The normalized spacial score (nSPS) is 16.8. The molecule has 2 rings (SSSR count). The van der Waals surface area contributed by atoms with Crippen LogP contribution >= 0.6 is 0 Å². The second kappa shape index (κ2) is 7.55. The molecule has 0 aromatic heterocycles. The van der Waals surface area contributed by atoms with Gasteiger partial charge in [-0.1, -0.05) is 17.7 Å². The molecule has 26 heavy (non-hydrogen) atoms. The molecule has 1 aromatic rings. The summed E-state index contributed by atoms with van der Waals surface area (Å²) in [7, 11) is 0. The van der Waals surface area contributed by atoms with Crippen LogP contribution in [-0.4, -0.2) is 46.9 Å². The molecule has 0 bridgehead atoms. The molecule has 1 aromatic carbocycles. The van der Waals surface area contributed by atoms with Crippen LogP contribution in [0.25, 0.3) is 0 Å². The van der Waals surface area contributed by atoms with Crippen LogP contribution in [0, 0.1) is 6.92 Å². The summed E-state index contributed by atoms with van der Waals surface area (Å²) in [5.41, 5.74) is 0.679. The van der Waals surface area contributed by atoms with Gasteiger partial charge in [0, 0.05) is 12.2 Å².